The van der Waals surface area contributed by atoms with Crippen LogP contribution in [0.15, 0.2) is 30.3 Å². The molecule has 0 unspecified atom stereocenters. The monoisotopic (exact) mass is 244 g/mol. The number of aromatic nitrogens is 2. The van der Waals surface area contributed by atoms with Gasteiger partial charge < -0.3 is 14.8 Å². The Kier molecular flexibility index (Phi) is 2.69. The molecular weight excluding hydrogens is 228 g/mol. The summed E-state index contributed by atoms with van der Waals surface area (Å²) in [6.45, 7) is 3.13. The molecule has 4 heteroatoms. The standard InChI is InChI=1S/C14H16N2O2/c1-10-12(11-5-3-2-4-6-11)16-13(15-10)14(7-17)8-18-9-14/h2-6,17H,7-9H2,1H3,(H,15,16). The molecule has 4 nitrogen and oxygen atoms in total. The van der Waals surface area contributed by atoms with Crippen molar-refractivity contribution in [1.29, 1.82) is 0 Å². The van der Waals surface area contributed by atoms with Gasteiger partial charge in [0, 0.05) is 11.3 Å². The van der Waals surface area contributed by atoms with Crippen molar-refractivity contribution in [2.75, 3.05) is 19.8 Å². The summed E-state index contributed by atoms with van der Waals surface area (Å²) in [5.74, 6) is 0.826. The molecule has 1 saturated heterocycles. The van der Waals surface area contributed by atoms with E-state index in [0.717, 1.165) is 22.8 Å². The van der Waals surface area contributed by atoms with Crippen molar-refractivity contribution >= 4 is 0 Å². The lowest BCUT2D eigenvalue weighted by Gasteiger charge is -2.37. The summed E-state index contributed by atoms with van der Waals surface area (Å²) in [4.78, 5) is 7.94. The second-order valence-corrected chi connectivity index (χ2v) is 4.86. The fraction of sp³-hybridized carbons (Fsp3) is 0.357. The zero-order valence-electron chi connectivity index (χ0n) is 10.3. The second-order valence-electron chi connectivity index (χ2n) is 4.86. The van der Waals surface area contributed by atoms with Gasteiger partial charge in [-0.2, -0.15) is 0 Å². The minimum atomic E-state index is -0.336. The Balaban J connectivity index is 2.01. The minimum absolute atomic E-state index is 0.0637. The predicted octanol–water partition coefficient (Wildman–Crippen LogP) is 1.65. The van der Waals surface area contributed by atoms with E-state index in [1.165, 1.54) is 0 Å². The number of hydrogen-bond acceptors (Lipinski definition) is 3. The van der Waals surface area contributed by atoms with Gasteiger partial charge in [0.05, 0.1) is 30.9 Å². The average molecular weight is 244 g/mol. The number of rotatable bonds is 3. The molecule has 0 saturated carbocycles. The molecule has 18 heavy (non-hydrogen) atoms. The van der Waals surface area contributed by atoms with Gasteiger partial charge in [0.2, 0.25) is 0 Å². The molecule has 2 N–H and O–H groups in total. The van der Waals surface area contributed by atoms with Gasteiger partial charge in [0.25, 0.3) is 0 Å². The Morgan fingerprint density at radius 3 is 2.61 bits per heavy atom. The van der Waals surface area contributed by atoms with Crippen molar-refractivity contribution in [3.63, 3.8) is 0 Å². The normalized spacial score (nSPS) is 17.4. The average Bonchev–Trinajstić information content (AvgIpc) is 2.72. The molecule has 2 heterocycles. The number of aryl methyl sites for hydroxylation is 1. The molecular formula is C14H16N2O2. The Labute approximate surface area is 106 Å². The van der Waals surface area contributed by atoms with Gasteiger partial charge in [0.1, 0.15) is 5.82 Å². The lowest BCUT2D eigenvalue weighted by molar-refractivity contribution is -0.0880. The topological polar surface area (TPSA) is 58.1 Å². The number of aliphatic hydroxyl groups excluding tert-OH is 1. The molecule has 1 aromatic heterocycles. The first-order valence-electron chi connectivity index (χ1n) is 6.06. The van der Waals surface area contributed by atoms with Crippen LogP contribution in [0.25, 0.3) is 11.3 Å². The molecule has 0 atom stereocenters. The molecule has 1 aliphatic rings. The summed E-state index contributed by atoms with van der Waals surface area (Å²) in [6.07, 6.45) is 0. The van der Waals surface area contributed by atoms with E-state index < -0.39 is 0 Å². The molecule has 3 rings (SSSR count). The molecule has 1 fully saturated rings. The van der Waals surface area contributed by atoms with Crippen molar-refractivity contribution in [2.24, 2.45) is 0 Å². The molecule has 1 aliphatic heterocycles. The number of aromatic amines is 1. The van der Waals surface area contributed by atoms with E-state index in [1.807, 2.05) is 37.3 Å². The summed E-state index contributed by atoms with van der Waals surface area (Å²) in [5, 5.41) is 9.52. The first-order valence-corrected chi connectivity index (χ1v) is 6.06. The number of benzene rings is 1. The third kappa shape index (κ3) is 1.65. The van der Waals surface area contributed by atoms with Gasteiger partial charge in [-0.05, 0) is 6.92 Å². The van der Waals surface area contributed by atoms with Crippen molar-refractivity contribution in [3.8, 4) is 11.3 Å². The van der Waals surface area contributed by atoms with E-state index in [4.69, 9.17) is 4.74 Å². The molecule has 1 aromatic carbocycles. The maximum absolute atomic E-state index is 9.52. The van der Waals surface area contributed by atoms with E-state index in [0.29, 0.717) is 13.2 Å². The van der Waals surface area contributed by atoms with Crippen LogP contribution in [0.1, 0.15) is 11.5 Å². The zero-order chi connectivity index (χ0) is 12.6. The lowest BCUT2D eigenvalue weighted by atomic mass is 9.86. The molecule has 2 aromatic rings. The minimum Gasteiger partial charge on any atom is -0.395 e. The number of hydrogen-bond donors (Lipinski definition) is 2. The van der Waals surface area contributed by atoms with Crippen LogP contribution < -0.4 is 0 Å². The summed E-state index contributed by atoms with van der Waals surface area (Å²) >= 11 is 0. The van der Waals surface area contributed by atoms with Crippen LogP contribution >= 0.6 is 0 Å². The predicted molar refractivity (Wildman–Crippen MR) is 68.3 cm³/mol. The number of aliphatic hydroxyl groups is 1. The molecule has 0 bridgehead atoms. The van der Waals surface area contributed by atoms with Crippen molar-refractivity contribution in [3.05, 3.63) is 41.9 Å². The van der Waals surface area contributed by atoms with E-state index in [-0.39, 0.29) is 12.0 Å². The number of nitrogens with zero attached hydrogens (tertiary/aromatic N) is 1. The van der Waals surface area contributed by atoms with Gasteiger partial charge in [0.15, 0.2) is 0 Å². The first-order chi connectivity index (χ1) is 8.75. The highest BCUT2D eigenvalue weighted by Gasteiger charge is 2.43. The molecule has 94 valence electrons. The molecule has 0 radical (unpaired) electrons. The van der Waals surface area contributed by atoms with E-state index in [1.54, 1.807) is 0 Å². The van der Waals surface area contributed by atoms with Gasteiger partial charge in [-0.3, -0.25) is 0 Å². The number of ether oxygens (including phenoxy) is 1. The van der Waals surface area contributed by atoms with Gasteiger partial charge in [-0.25, -0.2) is 4.98 Å². The number of nitrogens with one attached hydrogen (secondary N) is 1. The number of imidazole rings is 1. The van der Waals surface area contributed by atoms with Crippen LogP contribution in [0.2, 0.25) is 0 Å². The third-order valence-corrected chi connectivity index (χ3v) is 3.49. The molecule has 0 amide bonds. The lowest BCUT2D eigenvalue weighted by Crippen LogP contribution is -2.50. The maximum atomic E-state index is 9.52. The smallest absolute Gasteiger partial charge is 0.120 e. The first kappa shape index (κ1) is 11.4. The Bertz CT molecular complexity index is 539. The summed E-state index contributed by atoms with van der Waals surface area (Å²) in [6, 6.07) is 10.1. The highest BCUT2D eigenvalue weighted by molar-refractivity contribution is 5.62. The number of H-pyrrole nitrogens is 1. The van der Waals surface area contributed by atoms with Crippen molar-refractivity contribution < 1.29 is 9.84 Å². The van der Waals surface area contributed by atoms with Crippen LogP contribution in [-0.2, 0) is 10.2 Å². The van der Waals surface area contributed by atoms with Crippen LogP contribution in [0.5, 0.6) is 0 Å². The maximum Gasteiger partial charge on any atom is 0.120 e. The van der Waals surface area contributed by atoms with Gasteiger partial charge in [-0.15, -0.1) is 0 Å². The largest absolute Gasteiger partial charge is 0.395 e. The highest BCUT2D eigenvalue weighted by Crippen LogP contribution is 2.32. The van der Waals surface area contributed by atoms with E-state index in [9.17, 15) is 5.11 Å². The van der Waals surface area contributed by atoms with Crippen molar-refractivity contribution in [1.82, 2.24) is 9.97 Å². The summed E-state index contributed by atoms with van der Waals surface area (Å²) in [5.41, 5.74) is 2.73. The van der Waals surface area contributed by atoms with Gasteiger partial charge >= 0.3 is 0 Å². The Hall–Kier alpha value is -1.65. The van der Waals surface area contributed by atoms with Crippen molar-refractivity contribution in [2.45, 2.75) is 12.3 Å². The molecule has 0 spiro atoms. The van der Waals surface area contributed by atoms with Gasteiger partial charge in [-0.1, -0.05) is 30.3 Å². The van der Waals surface area contributed by atoms with Crippen LogP contribution in [0.3, 0.4) is 0 Å². The summed E-state index contributed by atoms with van der Waals surface area (Å²) in [7, 11) is 0. The Morgan fingerprint density at radius 2 is 2.06 bits per heavy atom. The van der Waals surface area contributed by atoms with Crippen LogP contribution in [0, 0.1) is 6.92 Å². The third-order valence-electron chi connectivity index (χ3n) is 3.49. The zero-order valence-corrected chi connectivity index (χ0v) is 10.3. The Morgan fingerprint density at radius 1 is 1.33 bits per heavy atom. The quantitative estimate of drug-likeness (QED) is 0.863. The second kappa shape index (κ2) is 4.23. The summed E-state index contributed by atoms with van der Waals surface area (Å²) < 4.78 is 5.22. The fourth-order valence-electron chi connectivity index (χ4n) is 2.24. The SMILES string of the molecule is Cc1[nH]c(C2(CO)COC2)nc1-c1ccccc1. The van der Waals surface area contributed by atoms with E-state index >= 15 is 0 Å². The highest BCUT2D eigenvalue weighted by atomic mass is 16.5. The molecule has 0 aliphatic carbocycles. The van der Waals surface area contributed by atoms with E-state index in [2.05, 4.69) is 9.97 Å². The fourth-order valence-corrected chi connectivity index (χ4v) is 2.24. The van der Waals surface area contributed by atoms with Crippen LogP contribution in [0.4, 0.5) is 0 Å². The van der Waals surface area contributed by atoms with Crippen LogP contribution in [-0.4, -0.2) is 34.9 Å².